The Balaban J connectivity index is 3.64. The van der Waals surface area contributed by atoms with Crippen molar-refractivity contribution >= 4 is 39.3 Å². The molecule has 9 heteroatoms. The first kappa shape index (κ1) is 16.6. The minimum absolute atomic E-state index is 0.499. The van der Waals surface area contributed by atoms with Gasteiger partial charge in [-0.2, -0.15) is 0 Å². The van der Waals surface area contributed by atoms with Gasteiger partial charge in [-0.05, 0) is 28.6 Å². The van der Waals surface area contributed by atoms with E-state index < -0.39 is 17.7 Å². The van der Waals surface area contributed by atoms with Crippen LogP contribution in [0, 0.1) is 0 Å². The quantitative estimate of drug-likeness (QED) is 0.597. The van der Waals surface area contributed by atoms with E-state index in [4.69, 9.17) is 0 Å². The maximum Gasteiger partial charge on any atom is 0.198 e. The van der Waals surface area contributed by atoms with Crippen LogP contribution in [0.2, 0.25) is 0 Å². The van der Waals surface area contributed by atoms with Gasteiger partial charge in [0.05, 0.1) is 0 Å². The molecule has 0 heterocycles. The third-order valence-electron chi connectivity index (χ3n) is 1.54. The lowest BCUT2D eigenvalue weighted by Gasteiger charge is -2.14. The van der Waals surface area contributed by atoms with Gasteiger partial charge in [-0.15, -0.1) is 0 Å². The molecule has 0 aliphatic heterocycles. The molecule has 0 radical (unpaired) electrons. The molecule has 0 N–H and O–H groups in total. The monoisotopic (exact) mass is 307 g/mol. The van der Waals surface area contributed by atoms with Crippen molar-refractivity contribution in [1.82, 2.24) is 4.90 Å². The largest absolute Gasteiger partial charge is 0.305 e. The average molecular weight is 307 g/mol. The summed E-state index contributed by atoms with van der Waals surface area (Å²) < 4.78 is 43.3. The molecule has 0 amide bonds. The zero-order chi connectivity index (χ0) is 12.8. The fraction of sp³-hybridized carbons (Fsp3) is 1.00. The van der Waals surface area contributed by atoms with Gasteiger partial charge < -0.3 is 4.90 Å². The van der Waals surface area contributed by atoms with Crippen LogP contribution >= 0.6 is 21.6 Å². The van der Waals surface area contributed by atoms with Crippen LogP contribution in [-0.2, 0) is 17.7 Å². The van der Waals surface area contributed by atoms with Crippen LogP contribution in [0.3, 0.4) is 0 Å². The standard InChI is InChI=1S/C7H17NO4S4/c1-8(4-6-13-15(2,9)10)5-7-14-16(3,11)12/h4-7H2,1-3H3. The van der Waals surface area contributed by atoms with Crippen molar-refractivity contribution in [2.75, 3.05) is 44.2 Å². The van der Waals surface area contributed by atoms with Gasteiger partial charge in [0.1, 0.15) is 0 Å². The Kier molecular flexibility index (Phi) is 7.34. The molecular formula is C7H17NO4S4. The summed E-state index contributed by atoms with van der Waals surface area (Å²) in [6.07, 6.45) is 2.36. The van der Waals surface area contributed by atoms with Gasteiger partial charge in [-0.3, -0.25) is 0 Å². The molecule has 0 fully saturated rings. The summed E-state index contributed by atoms with van der Waals surface area (Å²) in [5, 5.41) is 0. The van der Waals surface area contributed by atoms with Gasteiger partial charge in [-0.1, -0.05) is 0 Å². The van der Waals surface area contributed by atoms with Crippen LogP contribution in [0.15, 0.2) is 0 Å². The van der Waals surface area contributed by atoms with E-state index in [-0.39, 0.29) is 0 Å². The Labute approximate surface area is 105 Å². The molecule has 98 valence electrons. The Bertz CT molecular complexity index is 351. The minimum Gasteiger partial charge on any atom is -0.305 e. The molecule has 0 rings (SSSR count). The van der Waals surface area contributed by atoms with Crippen molar-refractivity contribution in [2.45, 2.75) is 0 Å². The molecule has 0 aromatic carbocycles. The normalized spacial score (nSPS) is 13.2. The van der Waals surface area contributed by atoms with Crippen molar-refractivity contribution in [1.29, 1.82) is 0 Å². The second-order valence-electron chi connectivity index (χ2n) is 3.36. The Morgan fingerprint density at radius 3 is 1.44 bits per heavy atom. The van der Waals surface area contributed by atoms with E-state index in [0.29, 0.717) is 24.6 Å². The number of hydrogen-bond donors (Lipinski definition) is 0. The van der Waals surface area contributed by atoms with Crippen LogP contribution in [0.5, 0.6) is 0 Å². The Hall–Kier alpha value is 0.560. The van der Waals surface area contributed by atoms with E-state index >= 15 is 0 Å². The third-order valence-corrected chi connectivity index (χ3v) is 6.66. The smallest absolute Gasteiger partial charge is 0.198 e. The van der Waals surface area contributed by atoms with E-state index in [9.17, 15) is 16.8 Å². The first-order valence-electron chi connectivity index (χ1n) is 4.47. The molecule has 0 bridgehead atoms. The molecule has 0 aliphatic carbocycles. The first-order valence-corrected chi connectivity index (χ1v) is 11.3. The predicted octanol–water partition coefficient (Wildman–Crippen LogP) is 0.304. The van der Waals surface area contributed by atoms with E-state index in [1.54, 1.807) is 0 Å². The van der Waals surface area contributed by atoms with Crippen molar-refractivity contribution in [3.63, 3.8) is 0 Å². The first-order chi connectivity index (χ1) is 7.10. The molecule has 0 aromatic heterocycles. The number of rotatable bonds is 8. The summed E-state index contributed by atoms with van der Waals surface area (Å²) in [7, 11) is -2.30. The zero-order valence-electron chi connectivity index (χ0n) is 9.54. The summed E-state index contributed by atoms with van der Waals surface area (Å²) in [6.45, 7) is 1.25. The molecule has 0 aromatic rings. The highest BCUT2D eigenvalue weighted by molar-refractivity contribution is 8.72. The van der Waals surface area contributed by atoms with Crippen molar-refractivity contribution in [3.05, 3.63) is 0 Å². The van der Waals surface area contributed by atoms with Gasteiger partial charge in [0.2, 0.25) is 0 Å². The summed E-state index contributed by atoms with van der Waals surface area (Å²) >= 11 is 0. The van der Waals surface area contributed by atoms with Crippen molar-refractivity contribution < 1.29 is 16.8 Å². The maximum atomic E-state index is 10.8. The molecule has 16 heavy (non-hydrogen) atoms. The summed E-state index contributed by atoms with van der Waals surface area (Å²) in [5.41, 5.74) is 0. The highest BCUT2D eigenvalue weighted by atomic mass is 33.1. The maximum absolute atomic E-state index is 10.8. The molecular weight excluding hydrogens is 290 g/mol. The van der Waals surface area contributed by atoms with E-state index in [2.05, 4.69) is 0 Å². The number of nitrogens with zero attached hydrogens (tertiary/aromatic N) is 1. The second-order valence-corrected chi connectivity index (χ2v) is 12.5. The summed E-state index contributed by atoms with van der Waals surface area (Å²) in [4.78, 5) is 1.91. The molecule has 0 saturated heterocycles. The lowest BCUT2D eigenvalue weighted by atomic mass is 10.6. The van der Waals surface area contributed by atoms with E-state index in [1.807, 2.05) is 11.9 Å². The Morgan fingerprint density at radius 1 is 0.875 bits per heavy atom. The zero-order valence-corrected chi connectivity index (χ0v) is 12.8. The Morgan fingerprint density at radius 2 is 1.19 bits per heavy atom. The average Bonchev–Trinajstić information content (AvgIpc) is 1.98. The van der Waals surface area contributed by atoms with Crippen molar-refractivity contribution in [3.8, 4) is 0 Å². The molecule has 5 nitrogen and oxygen atoms in total. The summed E-state index contributed by atoms with van der Waals surface area (Å²) in [5.74, 6) is 0.998. The van der Waals surface area contributed by atoms with Crippen LogP contribution in [-0.4, -0.2) is 65.9 Å². The van der Waals surface area contributed by atoms with E-state index in [1.165, 1.54) is 12.5 Å². The molecule has 0 atom stereocenters. The lowest BCUT2D eigenvalue weighted by Crippen LogP contribution is -2.24. The summed E-state index contributed by atoms with van der Waals surface area (Å²) in [6, 6.07) is 0. The van der Waals surface area contributed by atoms with Crippen LogP contribution in [0.1, 0.15) is 0 Å². The van der Waals surface area contributed by atoms with Crippen LogP contribution < -0.4 is 0 Å². The second kappa shape index (κ2) is 7.10. The topological polar surface area (TPSA) is 71.5 Å². The molecule has 0 saturated carbocycles. The van der Waals surface area contributed by atoms with Crippen LogP contribution in [0.25, 0.3) is 0 Å². The van der Waals surface area contributed by atoms with Gasteiger partial charge >= 0.3 is 0 Å². The third kappa shape index (κ3) is 12.6. The predicted molar refractivity (Wildman–Crippen MR) is 72.1 cm³/mol. The molecule has 0 unspecified atom stereocenters. The minimum atomic E-state index is -2.97. The van der Waals surface area contributed by atoms with E-state index in [0.717, 1.165) is 21.6 Å². The van der Waals surface area contributed by atoms with Gasteiger partial charge in [0, 0.05) is 37.1 Å². The fourth-order valence-corrected chi connectivity index (χ4v) is 4.44. The van der Waals surface area contributed by atoms with Crippen LogP contribution in [0.4, 0.5) is 0 Å². The van der Waals surface area contributed by atoms with Crippen molar-refractivity contribution in [2.24, 2.45) is 0 Å². The van der Waals surface area contributed by atoms with Gasteiger partial charge in [0.15, 0.2) is 17.7 Å². The molecule has 0 spiro atoms. The number of hydrogen-bond acceptors (Lipinski definition) is 7. The molecule has 0 aliphatic rings. The highest BCUT2D eigenvalue weighted by Gasteiger charge is 2.06. The van der Waals surface area contributed by atoms with Gasteiger partial charge in [0.25, 0.3) is 0 Å². The van der Waals surface area contributed by atoms with Gasteiger partial charge in [-0.25, -0.2) is 16.8 Å². The SMILES string of the molecule is CN(CCSS(C)(=O)=O)CCSS(C)(=O)=O. The highest BCUT2D eigenvalue weighted by Crippen LogP contribution is 2.11. The fourth-order valence-electron chi connectivity index (χ4n) is 0.801. The lowest BCUT2D eigenvalue weighted by molar-refractivity contribution is 0.380.